The van der Waals surface area contributed by atoms with Gasteiger partial charge in [-0.1, -0.05) is 0 Å². The summed E-state index contributed by atoms with van der Waals surface area (Å²) < 4.78 is 1.80. The first-order chi connectivity index (χ1) is 8.88. The standard InChI is InChI=1S/C13H19N5/c14-7-2-9-17(11-3-1-4-11)12-6-10-18-13(16-12)5-8-15-18/h5-6,8,10-11H,1-4,7,9,14H2. The molecule has 0 saturated heterocycles. The molecule has 2 heterocycles. The van der Waals surface area contributed by atoms with Gasteiger partial charge in [-0.25, -0.2) is 9.50 Å². The molecule has 3 rings (SSSR count). The van der Waals surface area contributed by atoms with Crippen LogP contribution < -0.4 is 10.6 Å². The van der Waals surface area contributed by atoms with Gasteiger partial charge in [0.05, 0.1) is 6.20 Å². The molecule has 0 radical (unpaired) electrons. The topological polar surface area (TPSA) is 59.5 Å². The third-order valence-electron chi connectivity index (χ3n) is 3.66. The molecule has 0 aliphatic heterocycles. The summed E-state index contributed by atoms with van der Waals surface area (Å²) in [6.07, 6.45) is 8.65. The van der Waals surface area contributed by atoms with Crippen LogP contribution in [-0.2, 0) is 0 Å². The molecule has 0 amide bonds. The molecule has 0 aromatic carbocycles. The molecule has 2 aromatic rings. The quantitative estimate of drug-likeness (QED) is 0.866. The van der Waals surface area contributed by atoms with Gasteiger partial charge in [-0.15, -0.1) is 0 Å². The molecular weight excluding hydrogens is 226 g/mol. The van der Waals surface area contributed by atoms with Crippen LogP contribution in [0.15, 0.2) is 24.5 Å². The zero-order valence-electron chi connectivity index (χ0n) is 10.5. The summed E-state index contributed by atoms with van der Waals surface area (Å²) in [5.41, 5.74) is 6.53. The molecule has 0 spiro atoms. The molecule has 1 saturated carbocycles. The average molecular weight is 245 g/mol. The maximum Gasteiger partial charge on any atom is 0.157 e. The minimum Gasteiger partial charge on any atom is -0.353 e. The average Bonchev–Trinajstić information content (AvgIpc) is 2.78. The number of fused-ring (bicyclic) bond motifs is 1. The molecule has 1 aliphatic rings. The van der Waals surface area contributed by atoms with Crippen molar-refractivity contribution in [3.8, 4) is 0 Å². The Kier molecular flexibility index (Phi) is 3.15. The molecule has 96 valence electrons. The van der Waals surface area contributed by atoms with Crippen LogP contribution in [-0.4, -0.2) is 33.7 Å². The van der Waals surface area contributed by atoms with Gasteiger partial charge in [0.25, 0.3) is 0 Å². The third-order valence-corrected chi connectivity index (χ3v) is 3.66. The van der Waals surface area contributed by atoms with Gasteiger partial charge in [-0.3, -0.25) is 0 Å². The van der Waals surface area contributed by atoms with E-state index in [1.807, 2.05) is 12.3 Å². The zero-order valence-corrected chi connectivity index (χ0v) is 10.5. The van der Waals surface area contributed by atoms with Crippen LogP contribution in [0.1, 0.15) is 25.7 Å². The van der Waals surface area contributed by atoms with Gasteiger partial charge < -0.3 is 10.6 Å². The molecule has 2 aromatic heterocycles. The van der Waals surface area contributed by atoms with Crippen molar-refractivity contribution >= 4 is 11.5 Å². The number of nitrogens with two attached hydrogens (primary N) is 1. The molecule has 0 bridgehead atoms. The van der Waals surface area contributed by atoms with Crippen LogP contribution in [0.25, 0.3) is 5.65 Å². The number of hydrogen-bond acceptors (Lipinski definition) is 4. The number of aromatic nitrogens is 3. The first-order valence-corrected chi connectivity index (χ1v) is 6.65. The summed E-state index contributed by atoms with van der Waals surface area (Å²) in [5, 5.41) is 4.18. The van der Waals surface area contributed by atoms with Gasteiger partial charge in [0.15, 0.2) is 5.65 Å². The fourth-order valence-corrected chi connectivity index (χ4v) is 2.41. The van der Waals surface area contributed by atoms with Gasteiger partial charge in [0.1, 0.15) is 5.82 Å². The van der Waals surface area contributed by atoms with Gasteiger partial charge >= 0.3 is 0 Å². The Morgan fingerprint density at radius 1 is 1.39 bits per heavy atom. The highest BCUT2D eigenvalue weighted by molar-refractivity contribution is 5.48. The Hall–Kier alpha value is -1.62. The molecular formula is C13H19N5. The second-order valence-electron chi connectivity index (χ2n) is 4.84. The largest absolute Gasteiger partial charge is 0.353 e. The predicted octanol–water partition coefficient (Wildman–Crippen LogP) is 1.44. The minimum atomic E-state index is 0.648. The molecule has 2 N–H and O–H groups in total. The molecule has 5 nitrogen and oxygen atoms in total. The van der Waals surface area contributed by atoms with Gasteiger partial charge in [-0.2, -0.15) is 5.10 Å². The van der Waals surface area contributed by atoms with E-state index in [4.69, 9.17) is 5.73 Å². The van der Waals surface area contributed by atoms with Crippen molar-refractivity contribution in [1.29, 1.82) is 0 Å². The lowest BCUT2D eigenvalue weighted by Crippen LogP contribution is -2.42. The second kappa shape index (κ2) is 4.94. The highest BCUT2D eigenvalue weighted by atomic mass is 15.3. The lowest BCUT2D eigenvalue weighted by molar-refractivity contribution is 0.383. The van der Waals surface area contributed by atoms with Gasteiger partial charge in [-0.05, 0) is 38.3 Å². The summed E-state index contributed by atoms with van der Waals surface area (Å²) in [4.78, 5) is 7.08. The summed E-state index contributed by atoms with van der Waals surface area (Å²) >= 11 is 0. The highest BCUT2D eigenvalue weighted by Crippen LogP contribution is 2.28. The first-order valence-electron chi connectivity index (χ1n) is 6.65. The minimum absolute atomic E-state index is 0.648. The fraction of sp³-hybridized carbons (Fsp3) is 0.538. The molecule has 0 atom stereocenters. The van der Waals surface area contributed by atoms with Crippen molar-refractivity contribution in [2.45, 2.75) is 31.7 Å². The van der Waals surface area contributed by atoms with Crippen LogP contribution in [0, 0.1) is 0 Å². The molecule has 1 aliphatic carbocycles. The van der Waals surface area contributed by atoms with E-state index in [9.17, 15) is 0 Å². The fourth-order valence-electron chi connectivity index (χ4n) is 2.41. The van der Waals surface area contributed by atoms with E-state index in [1.54, 1.807) is 10.7 Å². The predicted molar refractivity (Wildman–Crippen MR) is 71.6 cm³/mol. The Bertz CT molecular complexity index is 517. The third kappa shape index (κ3) is 2.06. The molecule has 5 heteroatoms. The van der Waals surface area contributed by atoms with Crippen LogP contribution in [0.2, 0.25) is 0 Å². The van der Waals surface area contributed by atoms with Crippen LogP contribution in [0.4, 0.5) is 5.82 Å². The Balaban J connectivity index is 1.86. The normalized spacial score (nSPS) is 15.8. The van der Waals surface area contributed by atoms with Crippen molar-refractivity contribution < 1.29 is 0 Å². The first kappa shape index (κ1) is 11.5. The Morgan fingerprint density at radius 2 is 2.28 bits per heavy atom. The summed E-state index contributed by atoms with van der Waals surface area (Å²) in [7, 11) is 0. The van der Waals surface area contributed by atoms with Crippen molar-refractivity contribution in [2.24, 2.45) is 5.73 Å². The summed E-state index contributed by atoms with van der Waals surface area (Å²) in [6, 6.07) is 4.63. The maximum atomic E-state index is 5.63. The van der Waals surface area contributed by atoms with Crippen molar-refractivity contribution in [3.63, 3.8) is 0 Å². The van der Waals surface area contributed by atoms with Crippen LogP contribution in [0.5, 0.6) is 0 Å². The molecule has 18 heavy (non-hydrogen) atoms. The second-order valence-corrected chi connectivity index (χ2v) is 4.84. The number of rotatable bonds is 5. The van der Waals surface area contributed by atoms with Crippen molar-refractivity contribution in [3.05, 3.63) is 24.5 Å². The highest BCUT2D eigenvalue weighted by Gasteiger charge is 2.25. The van der Waals surface area contributed by atoms with E-state index in [0.29, 0.717) is 6.04 Å². The summed E-state index contributed by atoms with van der Waals surface area (Å²) in [6.45, 7) is 1.73. The van der Waals surface area contributed by atoms with E-state index in [-0.39, 0.29) is 0 Å². The molecule has 1 fully saturated rings. The number of hydrogen-bond donors (Lipinski definition) is 1. The Morgan fingerprint density at radius 3 is 3.00 bits per heavy atom. The zero-order chi connectivity index (χ0) is 12.4. The van der Waals surface area contributed by atoms with E-state index in [1.165, 1.54) is 19.3 Å². The Labute approximate surface area is 107 Å². The van der Waals surface area contributed by atoms with Crippen molar-refractivity contribution in [2.75, 3.05) is 18.0 Å². The molecule has 0 unspecified atom stereocenters. The van der Waals surface area contributed by atoms with Crippen LogP contribution in [0.3, 0.4) is 0 Å². The van der Waals surface area contributed by atoms with E-state index < -0.39 is 0 Å². The summed E-state index contributed by atoms with van der Waals surface area (Å²) in [5.74, 6) is 1.06. The smallest absolute Gasteiger partial charge is 0.157 e. The van der Waals surface area contributed by atoms with Gasteiger partial charge in [0.2, 0.25) is 0 Å². The maximum absolute atomic E-state index is 5.63. The van der Waals surface area contributed by atoms with Crippen molar-refractivity contribution in [1.82, 2.24) is 14.6 Å². The van der Waals surface area contributed by atoms with Gasteiger partial charge in [0, 0.05) is 24.8 Å². The lowest BCUT2D eigenvalue weighted by atomic mass is 9.91. The SMILES string of the molecule is NCCCN(c1ccn2nccc2n1)C1CCC1. The van der Waals surface area contributed by atoms with E-state index in [0.717, 1.165) is 31.0 Å². The van der Waals surface area contributed by atoms with Crippen LogP contribution >= 0.6 is 0 Å². The number of nitrogens with zero attached hydrogens (tertiary/aromatic N) is 4. The monoisotopic (exact) mass is 245 g/mol. The lowest BCUT2D eigenvalue weighted by Gasteiger charge is -2.38. The van der Waals surface area contributed by atoms with E-state index in [2.05, 4.69) is 21.0 Å². The van der Waals surface area contributed by atoms with E-state index >= 15 is 0 Å². The number of anilines is 1.